The van der Waals surface area contributed by atoms with Crippen LogP contribution in [0, 0.1) is 12.7 Å². The maximum Gasteiger partial charge on any atom is 0.271 e. The number of rotatable bonds is 5. The Balaban J connectivity index is 1.81. The molecule has 1 aliphatic rings. The van der Waals surface area contributed by atoms with Crippen LogP contribution >= 0.6 is 0 Å². The van der Waals surface area contributed by atoms with Gasteiger partial charge in [0.1, 0.15) is 17.3 Å². The van der Waals surface area contributed by atoms with Crippen molar-refractivity contribution in [2.45, 2.75) is 44.0 Å². The Morgan fingerprint density at radius 3 is 2.48 bits per heavy atom. The lowest BCUT2D eigenvalue weighted by molar-refractivity contribution is -0.116. The minimum absolute atomic E-state index is 0.326. The van der Waals surface area contributed by atoms with Gasteiger partial charge in [-0.15, -0.1) is 0 Å². The predicted octanol–water partition coefficient (Wildman–Crippen LogP) is 2.50. The number of nitrogens with one attached hydrogen (secondary N) is 1. The number of hydrogen-bond acceptors (Lipinski definition) is 4. The molecule has 2 heterocycles. The second-order valence-electron chi connectivity index (χ2n) is 7.13. The van der Waals surface area contributed by atoms with Crippen LogP contribution in [-0.2, 0) is 21.4 Å². The van der Waals surface area contributed by atoms with Gasteiger partial charge in [-0.25, -0.2) is 12.8 Å². The Labute approximate surface area is 169 Å². The van der Waals surface area contributed by atoms with Gasteiger partial charge in [0, 0.05) is 25.0 Å². The number of amides is 1. The van der Waals surface area contributed by atoms with Gasteiger partial charge >= 0.3 is 0 Å². The van der Waals surface area contributed by atoms with E-state index in [-0.39, 0.29) is 11.4 Å². The van der Waals surface area contributed by atoms with Crippen molar-refractivity contribution in [3.05, 3.63) is 58.3 Å². The number of anilines is 1. The number of aromatic nitrogens is 1. The van der Waals surface area contributed by atoms with Crippen molar-refractivity contribution in [1.29, 1.82) is 0 Å². The summed E-state index contributed by atoms with van der Waals surface area (Å²) in [6.07, 6.45) is 4.84. The number of hydrogen-bond donors (Lipinski definition) is 1. The fourth-order valence-electron chi connectivity index (χ4n) is 3.37. The van der Waals surface area contributed by atoms with E-state index in [0.29, 0.717) is 24.3 Å². The Hall–Kier alpha value is -2.52. The summed E-state index contributed by atoms with van der Waals surface area (Å²) < 4.78 is 41.5. The molecular formula is C20H24FN3O4S. The van der Waals surface area contributed by atoms with Gasteiger partial charge in [0.15, 0.2) is 0 Å². The molecule has 0 saturated carbocycles. The summed E-state index contributed by atoms with van der Waals surface area (Å²) in [6.45, 7) is 2.08. The van der Waals surface area contributed by atoms with Gasteiger partial charge in [-0.05, 0) is 55.7 Å². The Bertz CT molecular complexity index is 1060. The molecule has 0 radical (unpaired) electrons. The van der Waals surface area contributed by atoms with E-state index in [9.17, 15) is 22.4 Å². The number of aryl methyl sites for hydroxylation is 1. The summed E-state index contributed by atoms with van der Waals surface area (Å²) in [7, 11) is -3.92. The molecule has 0 aliphatic carbocycles. The Kier molecular flexibility index (Phi) is 6.49. The smallest absolute Gasteiger partial charge is 0.271 e. The van der Waals surface area contributed by atoms with Crippen LogP contribution in [0.2, 0.25) is 0 Å². The lowest BCUT2D eigenvalue weighted by Gasteiger charge is -2.20. The molecule has 0 unspecified atom stereocenters. The molecular weight excluding hydrogens is 397 g/mol. The van der Waals surface area contributed by atoms with Crippen LogP contribution < -0.4 is 10.9 Å². The summed E-state index contributed by atoms with van der Waals surface area (Å²) in [4.78, 5) is 24.8. The molecule has 9 heteroatoms. The van der Waals surface area contributed by atoms with Crippen LogP contribution in [-0.4, -0.2) is 36.3 Å². The fraction of sp³-hybridized carbons (Fsp3) is 0.400. The highest BCUT2D eigenvalue weighted by molar-refractivity contribution is 7.89. The molecule has 1 saturated heterocycles. The third-order valence-electron chi connectivity index (χ3n) is 4.94. The summed E-state index contributed by atoms with van der Waals surface area (Å²) >= 11 is 0. The van der Waals surface area contributed by atoms with Crippen LogP contribution in [0.4, 0.5) is 10.1 Å². The average molecular weight is 421 g/mol. The largest absolute Gasteiger partial charge is 0.324 e. The molecule has 0 spiro atoms. The van der Waals surface area contributed by atoms with Crippen LogP contribution in [0.1, 0.15) is 31.2 Å². The van der Waals surface area contributed by atoms with Crippen molar-refractivity contribution < 1.29 is 17.6 Å². The van der Waals surface area contributed by atoms with E-state index in [4.69, 9.17) is 0 Å². The number of halogens is 1. The third-order valence-corrected chi connectivity index (χ3v) is 6.86. The highest BCUT2D eigenvalue weighted by atomic mass is 32.2. The zero-order chi connectivity index (χ0) is 21.0. The molecule has 1 aliphatic heterocycles. The van der Waals surface area contributed by atoms with Crippen LogP contribution in [0.15, 0.2) is 46.2 Å². The van der Waals surface area contributed by atoms with Gasteiger partial charge in [0.25, 0.3) is 5.56 Å². The van der Waals surface area contributed by atoms with E-state index in [2.05, 4.69) is 5.32 Å². The molecule has 2 aromatic rings. The van der Waals surface area contributed by atoms with Crippen LogP contribution in [0.25, 0.3) is 0 Å². The molecule has 1 aromatic heterocycles. The maximum absolute atomic E-state index is 13.2. The first-order chi connectivity index (χ1) is 13.8. The SMILES string of the molecule is Cc1cc(F)ccc1NC(=O)Cn1cccc(S(=O)(=O)N2CCCCCC2)c1=O. The molecule has 3 rings (SSSR count). The molecule has 0 bridgehead atoms. The first-order valence-corrected chi connectivity index (χ1v) is 11.0. The average Bonchev–Trinajstić information content (AvgIpc) is 2.96. The highest BCUT2D eigenvalue weighted by Gasteiger charge is 2.28. The first-order valence-electron chi connectivity index (χ1n) is 9.54. The third kappa shape index (κ3) is 4.91. The molecule has 1 amide bonds. The van der Waals surface area contributed by atoms with E-state index >= 15 is 0 Å². The van der Waals surface area contributed by atoms with Crippen molar-refractivity contribution in [3.8, 4) is 0 Å². The first kappa shape index (κ1) is 21.2. The van der Waals surface area contributed by atoms with E-state index in [0.717, 1.165) is 30.3 Å². The summed E-state index contributed by atoms with van der Waals surface area (Å²) in [5.74, 6) is -0.922. The van der Waals surface area contributed by atoms with Gasteiger partial charge in [0.05, 0.1) is 0 Å². The van der Waals surface area contributed by atoms with Crippen LogP contribution in [0.3, 0.4) is 0 Å². The van der Waals surface area contributed by atoms with Crippen molar-refractivity contribution in [2.24, 2.45) is 0 Å². The monoisotopic (exact) mass is 421 g/mol. The molecule has 1 N–H and O–H groups in total. The molecule has 1 fully saturated rings. The van der Waals surface area contributed by atoms with Crippen molar-refractivity contribution in [3.63, 3.8) is 0 Å². The molecule has 29 heavy (non-hydrogen) atoms. The van der Waals surface area contributed by atoms with Crippen LogP contribution in [0.5, 0.6) is 0 Å². The Morgan fingerprint density at radius 1 is 1.14 bits per heavy atom. The van der Waals surface area contributed by atoms with Gasteiger partial charge in [-0.1, -0.05) is 12.8 Å². The molecule has 156 valence electrons. The van der Waals surface area contributed by atoms with Gasteiger partial charge in [-0.2, -0.15) is 4.31 Å². The number of sulfonamides is 1. The number of benzene rings is 1. The van der Waals surface area contributed by atoms with Crippen molar-refractivity contribution >= 4 is 21.6 Å². The topological polar surface area (TPSA) is 88.5 Å². The second-order valence-corrected chi connectivity index (χ2v) is 9.04. The zero-order valence-corrected chi connectivity index (χ0v) is 17.0. The van der Waals surface area contributed by atoms with Gasteiger partial charge < -0.3 is 9.88 Å². The quantitative estimate of drug-likeness (QED) is 0.803. The second kappa shape index (κ2) is 8.87. The van der Waals surface area contributed by atoms with E-state index in [1.807, 2.05) is 0 Å². The van der Waals surface area contributed by atoms with E-state index in [1.54, 1.807) is 6.92 Å². The minimum atomic E-state index is -3.92. The predicted molar refractivity (Wildman–Crippen MR) is 108 cm³/mol. The van der Waals surface area contributed by atoms with Crippen molar-refractivity contribution in [2.75, 3.05) is 18.4 Å². The maximum atomic E-state index is 13.2. The lowest BCUT2D eigenvalue weighted by atomic mass is 10.2. The van der Waals surface area contributed by atoms with Crippen molar-refractivity contribution in [1.82, 2.24) is 8.87 Å². The van der Waals surface area contributed by atoms with Gasteiger partial charge in [-0.3, -0.25) is 9.59 Å². The normalized spacial score (nSPS) is 15.7. The summed E-state index contributed by atoms with van der Waals surface area (Å²) in [6, 6.07) is 6.68. The fourth-order valence-corrected chi connectivity index (χ4v) is 4.97. The zero-order valence-electron chi connectivity index (χ0n) is 16.2. The summed E-state index contributed by atoms with van der Waals surface area (Å²) in [5.41, 5.74) is 0.240. The molecule has 0 atom stereocenters. The Morgan fingerprint density at radius 2 is 1.83 bits per heavy atom. The molecule has 7 nitrogen and oxygen atoms in total. The minimum Gasteiger partial charge on any atom is -0.324 e. The number of carbonyl (C=O) groups excluding carboxylic acids is 1. The van der Waals surface area contributed by atoms with Gasteiger partial charge in [0.2, 0.25) is 15.9 Å². The number of carbonyl (C=O) groups is 1. The highest BCUT2D eigenvalue weighted by Crippen LogP contribution is 2.18. The number of nitrogens with zero attached hydrogens (tertiary/aromatic N) is 2. The lowest BCUT2D eigenvalue weighted by Crippen LogP contribution is -2.37. The summed E-state index contributed by atoms with van der Waals surface area (Å²) in [5, 5.41) is 2.62. The molecule has 1 aromatic carbocycles. The van der Waals surface area contributed by atoms with E-state index in [1.165, 1.54) is 40.8 Å². The number of pyridine rings is 1. The standard InChI is InChI=1S/C20H24FN3O4S/c1-15-13-16(21)8-9-17(15)22-19(25)14-23-10-6-7-18(20(23)26)29(27,28)24-11-4-2-3-5-12-24/h6-10,13H,2-5,11-12,14H2,1H3,(H,22,25). The van der Waals surface area contributed by atoms with E-state index < -0.39 is 27.3 Å².